The quantitative estimate of drug-likeness (QED) is 0.765. The Morgan fingerprint density at radius 2 is 1.85 bits per heavy atom. The minimum Gasteiger partial charge on any atom is -0.323 e. The van der Waals surface area contributed by atoms with Gasteiger partial charge in [0.1, 0.15) is 0 Å². The summed E-state index contributed by atoms with van der Waals surface area (Å²) in [7, 11) is 1.77. The van der Waals surface area contributed by atoms with Crippen LogP contribution >= 0.6 is 23.4 Å². The molecule has 0 radical (unpaired) electrons. The van der Waals surface area contributed by atoms with Gasteiger partial charge in [-0.1, -0.05) is 41.9 Å². The van der Waals surface area contributed by atoms with E-state index in [2.05, 4.69) is 22.3 Å². The van der Waals surface area contributed by atoms with Crippen molar-refractivity contribution in [3.8, 4) is 0 Å². The molecule has 2 aromatic carbocycles. The van der Waals surface area contributed by atoms with Gasteiger partial charge in [-0.05, 0) is 35.7 Å². The minimum absolute atomic E-state index is 0.145. The highest BCUT2D eigenvalue weighted by molar-refractivity contribution is 7.99. The third-order valence-electron chi connectivity index (χ3n) is 4.74. The van der Waals surface area contributed by atoms with Crippen molar-refractivity contribution in [3.05, 3.63) is 64.7 Å². The third-order valence-corrected chi connectivity index (χ3v) is 6.05. The molecule has 27 heavy (non-hydrogen) atoms. The number of anilines is 1. The number of rotatable bonds is 6. The Labute approximate surface area is 170 Å². The summed E-state index contributed by atoms with van der Waals surface area (Å²) < 4.78 is 0. The Kier molecular flexibility index (Phi) is 7.44. The highest BCUT2D eigenvalue weighted by atomic mass is 35.5. The van der Waals surface area contributed by atoms with Gasteiger partial charge in [-0.2, -0.15) is 11.8 Å². The van der Waals surface area contributed by atoms with Crippen molar-refractivity contribution >= 4 is 35.1 Å². The lowest BCUT2D eigenvalue weighted by atomic mass is 10.1. The lowest BCUT2D eigenvalue weighted by molar-refractivity contribution is 0.220. The molecule has 3 rings (SSSR count). The number of amides is 2. The molecule has 144 valence electrons. The van der Waals surface area contributed by atoms with Crippen LogP contribution in [0.25, 0.3) is 0 Å². The highest BCUT2D eigenvalue weighted by Gasteiger charge is 2.12. The maximum absolute atomic E-state index is 12.4. The molecular weight excluding hydrogens is 378 g/mol. The van der Waals surface area contributed by atoms with E-state index in [0.717, 1.165) is 24.2 Å². The number of nitrogens with zero attached hydrogens (tertiary/aromatic N) is 2. The van der Waals surface area contributed by atoms with Gasteiger partial charge in [-0.15, -0.1) is 0 Å². The van der Waals surface area contributed by atoms with Crippen molar-refractivity contribution < 1.29 is 4.79 Å². The molecule has 6 heteroatoms. The van der Waals surface area contributed by atoms with E-state index in [0.29, 0.717) is 11.6 Å². The number of hydrogen-bond donors (Lipinski definition) is 1. The molecule has 4 nitrogen and oxygen atoms in total. The largest absolute Gasteiger partial charge is 0.323 e. The first-order valence-electron chi connectivity index (χ1n) is 9.26. The molecule has 1 aliphatic heterocycles. The molecule has 0 saturated carbocycles. The molecule has 0 bridgehead atoms. The zero-order chi connectivity index (χ0) is 19.1. The van der Waals surface area contributed by atoms with Gasteiger partial charge >= 0.3 is 6.03 Å². The minimum atomic E-state index is -0.145. The van der Waals surface area contributed by atoms with E-state index >= 15 is 0 Å². The van der Waals surface area contributed by atoms with Crippen molar-refractivity contribution in [1.29, 1.82) is 0 Å². The summed E-state index contributed by atoms with van der Waals surface area (Å²) in [6.07, 6.45) is 1.05. The molecular formula is C21H26ClN3OS. The van der Waals surface area contributed by atoms with Crippen molar-refractivity contribution in [2.24, 2.45) is 0 Å². The number of carbonyl (C=O) groups excluding carboxylic acids is 1. The summed E-state index contributed by atoms with van der Waals surface area (Å²) in [5.41, 5.74) is 3.04. The van der Waals surface area contributed by atoms with Crippen LogP contribution in [0.5, 0.6) is 0 Å². The van der Waals surface area contributed by atoms with Crippen LogP contribution in [0.3, 0.4) is 0 Å². The molecule has 0 aromatic heterocycles. The predicted molar refractivity (Wildman–Crippen MR) is 116 cm³/mol. The number of urea groups is 1. The smallest absolute Gasteiger partial charge is 0.321 e. The monoisotopic (exact) mass is 403 g/mol. The van der Waals surface area contributed by atoms with Crippen LogP contribution in [0, 0.1) is 0 Å². The molecule has 1 fully saturated rings. The van der Waals surface area contributed by atoms with Crippen LogP contribution in [-0.4, -0.2) is 54.0 Å². The second kappa shape index (κ2) is 10.0. The third kappa shape index (κ3) is 6.16. The fourth-order valence-corrected chi connectivity index (χ4v) is 4.21. The lowest BCUT2D eigenvalue weighted by Gasteiger charge is -2.26. The maximum Gasteiger partial charge on any atom is 0.321 e. The zero-order valence-corrected chi connectivity index (χ0v) is 17.2. The van der Waals surface area contributed by atoms with Crippen LogP contribution in [0.2, 0.25) is 5.02 Å². The second-order valence-corrected chi connectivity index (χ2v) is 8.41. The summed E-state index contributed by atoms with van der Waals surface area (Å²) in [4.78, 5) is 16.6. The van der Waals surface area contributed by atoms with E-state index in [1.54, 1.807) is 11.9 Å². The standard InChI is InChI=1S/C21H26ClN3OS/c1-24(16-18-4-2-3-5-20(18)22)21(26)23-19-8-6-17(7-9-19)10-11-25-12-14-27-15-13-25/h2-9H,10-16H2,1H3,(H,23,26). The van der Waals surface area contributed by atoms with Crippen LogP contribution in [0.1, 0.15) is 11.1 Å². The van der Waals surface area contributed by atoms with E-state index in [1.165, 1.54) is 30.2 Å². The average molecular weight is 404 g/mol. The average Bonchev–Trinajstić information content (AvgIpc) is 2.70. The SMILES string of the molecule is CN(Cc1ccccc1Cl)C(=O)Nc1ccc(CCN2CCSCC2)cc1. The molecule has 2 aromatic rings. The predicted octanol–water partition coefficient (Wildman–Crippen LogP) is 4.60. The molecule has 0 aliphatic carbocycles. The van der Waals surface area contributed by atoms with Crippen molar-refractivity contribution in [3.63, 3.8) is 0 Å². The van der Waals surface area contributed by atoms with Gasteiger partial charge in [-0.3, -0.25) is 0 Å². The van der Waals surface area contributed by atoms with Gasteiger partial charge in [0, 0.05) is 55.4 Å². The lowest BCUT2D eigenvalue weighted by Crippen LogP contribution is -2.34. The second-order valence-electron chi connectivity index (χ2n) is 6.78. The Balaban J connectivity index is 1.48. The first-order valence-corrected chi connectivity index (χ1v) is 10.8. The summed E-state index contributed by atoms with van der Waals surface area (Å²) >= 11 is 8.21. The molecule has 1 saturated heterocycles. The number of carbonyl (C=O) groups is 1. The topological polar surface area (TPSA) is 35.6 Å². The Morgan fingerprint density at radius 3 is 2.56 bits per heavy atom. The fraction of sp³-hybridized carbons (Fsp3) is 0.381. The normalized spacial score (nSPS) is 14.7. The number of thioether (sulfide) groups is 1. The number of hydrogen-bond acceptors (Lipinski definition) is 3. The van der Waals surface area contributed by atoms with Crippen LogP contribution in [0.4, 0.5) is 10.5 Å². The van der Waals surface area contributed by atoms with E-state index in [9.17, 15) is 4.79 Å². The molecule has 1 aliphatic rings. The van der Waals surface area contributed by atoms with Gasteiger partial charge < -0.3 is 15.1 Å². The molecule has 0 spiro atoms. The number of nitrogens with one attached hydrogen (secondary N) is 1. The van der Waals surface area contributed by atoms with Gasteiger partial charge in [0.2, 0.25) is 0 Å². The number of halogens is 1. The van der Waals surface area contributed by atoms with E-state index < -0.39 is 0 Å². The first-order chi connectivity index (χ1) is 13.1. The summed E-state index contributed by atoms with van der Waals surface area (Å²) in [5, 5.41) is 3.62. The van der Waals surface area contributed by atoms with Gasteiger partial charge in [-0.25, -0.2) is 4.79 Å². The van der Waals surface area contributed by atoms with E-state index in [-0.39, 0.29) is 6.03 Å². The van der Waals surface area contributed by atoms with Gasteiger partial charge in [0.15, 0.2) is 0 Å². The molecule has 1 heterocycles. The zero-order valence-electron chi connectivity index (χ0n) is 15.7. The van der Waals surface area contributed by atoms with Crippen molar-refractivity contribution in [2.75, 3.05) is 43.5 Å². The maximum atomic E-state index is 12.4. The van der Waals surface area contributed by atoms with Crippen molar-refractivity contribution in [1.82, 2.24) is 9.80 Å². The van der Waals surface area contributed by atoms with Crippen LogP contribution in [-0.2, 0) is 13.0 Å². The van der Waals surface area contributed by atoms with E-state index in [4.69, 9.17) is 11.6 Å². The van der Waals surface area contributed by atoms with Gasteiger partial charge in [0.25, 0.3) is 0 Å². The molecule has 0 atom stereocenters. The first kappa shape index (κ1) is 20.1. The Morgan fingerprint density at radius 1 is 1.15 bits per heavy atom. The summed E-state index contributed by atoms with van der Waals surface area (Å²) in [6, 6.07) is 15.6. The Hall–Kier alpha value is -1.69. The summed E-state index contributed by atoms with van der Waals surface area (Å²) in [6.45, 7) is 3.96. The van der Waals surface area contributed by atoms with E-state index in [1.807, 2.05) is 48.2 Å². The van der Waals surface area contributed by atoms with Gasteiger partial charge in [0.05, 0.1) is 0 Å². The summed E-state index contributed by atoms with van der Waals surface area (Å²) in [5.74, 6) is 2.49. The number of benzene rings is 2. The Bertz CT molecular complexity index is 747. The molecule has 0 unspecified atom stereocenters. The highest BCUT2D eigenvalue weighted by Crippen LogP contribution is 2.17. The van der Waals surface area contributed by atoms with Crippen LogP contribution < -0.4 is 5.32 Å². The fourth-order valence-electron chi connectivity index (χ4n) is 3.04. The van der Waals surface area contributed by atoms with Crippen molar-refractivity contribution in [2.45, 2.75) is 13.0 Å². The molecule has 1 N–H and O–H groups in total. The van der Waals surface area contributed by atoms with Crippen LogP contribution in [0.15, 0.2) is 48.5 Å². The molecule has 2 amide bonds.